The lowest BCUT2D eigenvalue weighted by Crippen LogP contribution is -2.44. The summed E-state index contributed by atoms with van der Waals surface area (Å²) in [5.74, 6) is 6.34. The summed E-state index contributed by atoms with van der Waals surface area (Å²) in [5, 5.41) is 0. The number of ether oxygens (including phenoxy) is 1. The fraction of sp³-hybridized carbons (Fsp3) is 0.917. The van der Waals surface area contributed by atoms with E-state index in [1.54, 1.807) is 7.11 Å². The number of hydrogen-bond donors (Lipinski definition) is 2. The molecule has 0 aliphatic heterocycles. The number of hydrazine groups is 1. The first-order valence-corrected chi connectivity index (χ1v) is 6.52. The monoisotopic (exact) mass is 242 g/mol. The lowest BCUT2D eigenvalue weighted by atomic mass is 9.96. The molecule has 1 fully saturated rings. The van der Waals surface area contributed by atoms with Crippen LogP contribution in [0.2, 0.25) is 0 Å². The molecular weight excluding hydrogens is 216 g/mol. The largest absolute Gasteiger partial charge is 0.385 e. The SMILES string of the molecule is COCCCN(C)C(=NC1CCCCC1)NN. The molecule has 0 heterocycles. The number of guanidine groups is 1. The fourth-order valence-electron chi connectivity index (χ4n) is 2.18. The third-order valence-corrected chi connectivity index (χ3v) is 3.21. The molecule has 1 saturated carbocycles. The van der Waals surface area contributed by atoms with Crippen LogP contribution >= 0.6 is 0 Å². The second kappa shape index (κ2) is 8.31. The van der Waals surface area contributed by atoms with Crippen molar-refractivity contribution in [2.75, 3.05) is 27.3 Å². The van der Waals surface area contributed by atoms with E-state index in [1.165, 1.54) is 32.1 Å². The Morgan fingerprint density at radius 3 is 2.71 bits per heavy atom. The van der Waals surface area contributed by atoms with Crippen LogP contribution in [0.1, 0.15) is 38.5 Å². The second-order valence-electron chi connectivity index (χ2n) is 4.66. The Labute approximate surface area is 104 Å². The van der Waals surface area contributed by atoms with E-state index in [1.807, 2.05) is 7.05 Å². The van der Waals surface area contributed by atoms with Gasteiger partial charge in [0.25, 0.3) is 0 Å². The van der Waals surface area contributed by atoms with Crippen LogP contribution in [-0.2, 0) is 4.74 Å². The van der Waals surface area contributed by atoms with Crippen molar-refractivity contribution in [2.24, 2.45) is 10.8 Å². The van der Waals surface area contributed by atoms with E-state index in [2.05, 4.69) is 10.3 Å². The Bertz CT molecular complexity index is 227. The van der Waals surface area contributed by atoms with Gasteiger partial charge in [-0.05, 0) is 19.3 Å². The van der Waals surface area contributed by atoms with Crippen molar-refractivity contribution in [1.29, 1.82) is 0 Å². The maximum Gasteiger partial charge on any atom is 0.208 e. The first-order valence-electron chi connectivity index (χ1n) is 6.52. The molecule has 3 N–H and O–H groups in total. The van der Waals surface area contributed by atoms with Crippen molar-refractivity contribution < 1.29 is 4.74 Å². The van der Waals surface area contributed by atoms with Gasteiger partial charge >= 0.3 is 0 Å². The number of nitrogens with one attached hydrogen (secondary N) is 1. The Morgan fingerprint density at radius 2 is 2.12 bits per heavy atom. The van der Waals surface area contributed by atoms with E-state index in [0.29, 0.717) is 6.04 Å². The van der Waals surface area contributed by atoms with E-state index < -0.39 is 0 Å². The van der Waals surface area contributed by atoms with Crippen LogP contribution in [0, 0.1) is 0 Å². The average Bonchev–Trinajstić information content (AvgIpc) is 2.37. The summed E-state index contributed by atoms with van der Waals surface area (Å²) in [7, 11) is 3.73. The maximum absolute atomic E-state index is 5.54. The fourth-order valence-corrected chi connectivity index (χ4v) is 2.18. The molecule has 1 aliphatic carbocycles. The van der Waals surface area contributed by atoms with Gasteiger partial charge in [0.1, 0.15) is 0 Å². The molecule has 0 spiro atoms. The molecule has 0 aromatic heterocycles. The molecule has 0 unspecified atom stereocenters. The second-order valence-corrected chi connectivity index (χ2v) is 4.66. The van der Waals surface area contributed by atoms with Crippen LogP contribution in [0.15, 0.2) is 4.99 Å². The van der Waals surface area contributed by atoms with Gasteiger partial charge in [-0.25, -0.2) is 10.8 Å². The number of nitrogens with zero attached hydrogens (tertiary/aromatic N) is 2. The summed E-state index contributed by atoms with van der Waals surface area (Å²) in [4.78, 5) is 6.76. The molecule has 100 valence electrons. The van der Waals surface area contributed by atoms with Gasteiger partial charge in [-0.3, -0.25) is 5.43 Å². The molecule has 0 radical (unpaired) electrons. The highest BCUT2D eigenvalue weighted by Crippen LogP contribution is 2.20. The normalized spacial score (nSPS) is 18.2. The predicted molar refractivity (Wildman–Crippen MR) is 70.8 cm³/mol. The highest BCUT2D eigenvalue weighted by Gasteiger charge is 2.14. The molecule has 0 atom stereocenters. The molecule has 0 aromatic rings. The number of methoxy groups -OCH3 is 1. The first-order chi connectivity index (χ1) is 8.27. The minimum absolute atomic E-state index is 0.444. The summed E-state index contributed by atoms with van der Waals surface area (Å²) in [5.41, 5.74) is 2.71. The molecule has 0 aromatic carbocycles. The average molecular weight is 242 g/mol. The Kier molecular flexibility index (Phi) is 6.96. The van der Waals surface area contributed by atoms with Crippen molar-refractivity contribution >= 4 is 5.96 Å². The number of hydrogen-bond acceptors (Lipinski definition) is 3. The molecule has 17 heavy (non-hydrogen) atoms. The third kappa shape index (κ3) is 5.37. The third-order valence-electron chi connectivity index (χ3n) is 3.21. The Morgan fingerprint density at radius 1 is 1.41 bits per heavy atom. The molecule has 1 rings (SSSR count). The van der Waals surface area contributed by atoms with Crippen molar-refractivity contribution in [3.05, 3.63) is 0 Å². The van der Waals surface area contributed by atoms with Crippen molar-refractivity contribution in [1.82, 2.24) is 10.3 Å². The maximum atomic E-state index is 5.54. The molecule has 0 amide bonds. The van der Waals surface area contributed by atoms with E-state index in [-0.39, 0.29) is 0 Å². The van der Waals surface area contributed by atoms with Crippen molar-refractivity contribution in [3.63, 3.8) is 0 Å². The topological polar surface area (TPSA) is 62.9 Å². The smallest absolute Gasteiger partial charge is 0.208 e. The van der Waals surface area contributed by atoms with Gasteiger partial charge in [-0.2, -0.15) is 0 Å². The molecule has 5 nitrogen and oxygen atoms in total. The van der Waals surface area contributed by atoms with Crippen LogP contribution in [0.25, 0.3) is 0 Å². The number of rotatable bonds is 5. The molecular formula is C12H26N4O. The summed E-state index contributed by atoms with van der Waals surface area (Å²) in [6.07, 6.45) is 7.30. The van der Waals surface area contributed by atoms with E-state index in [9.17, 15) is 0 Å². The quantitative estimate of drug-likeness (QED) is 0.249. The van der Waals surface area contributed by atoms with Gasteiger partial charge < -0.3 is 9.64 Å². The van der Waals surface area contributed by atoms with E-state index >= 15 is 0 Å². The van der Waals surface area contributed by atoms with Gasteiger partial charge in [-0.15, -0.1) is 0 Å². The van der Waals surface area contributed by atoms with E-state index in [0.717, 1.165) is 25.5 Å². The lowest BCUT2D eigenvalue weighted by Gasteiger charge is -2.24. The predicted octanol–water partition coefficient (Wildman–Crippen LogP) is 1.11. The van der Waals surface area contributed by atoms with Gasteiger partial charge in [0.2, 0.25) is 5.96 Å². The number of aliphatic imine (C=N–C) groups is 1. The van der Waals surface area contributed by atoms with Crippen LogP contribution < -0.4 is 11.3 Å². The van der Waals surface area contributed by atoms with Gasteiger partial charge in [0.05, 0.1) is 6.04 Å². The first kappa shape index (κ1) is 14.3. The standard InChI is InChI=1S/C12H26N4O/c1-16(9-6-10-17-2)12(15-13)14-11-7-4-3-5-8-11/h11H,3-10,13H2,1-2H3,(H,14,15). The zero-order chi connectivity index (χ0) is 12.5. The van der Waals surface area contributed by atoms with Gasteiger partial charge in [0.15, 0.2) is 0 Å². The van der Waals surface area contributed by atoms with Crippen molar-refractivity contribution in [3.8, 4) is 0 Å². The van der Waals surface area contributed by atoms with Gasteiger partial charge in [0, 0.05) is 27.3 Å². The summed E-state index contributed by atoms with van der Waals surface area (Å²) in [6, 6.07) is 0.444. The Balaban J connectivity index is 2.41. The minimum atomic E-state index is 0.444. The van der Waals surface area contributed by atoms with Gasteiger partial charge in [-0.1, -0.05) is 19.3 Å². The molecule has 5 heteroatoms. The highest BCUT2D eigenvalue weighted by atomic mass is 16.5. The van der Waals surface area contributed by atoms with Crippen LogP contribution in [-0.4, -0.2) is 44.2 Å². The summed E-state index contributed by atoms with van der Waals surface area (Å²) in [6.45, 7) is 1.68. The van der Waals surface area contributed by atoms with Crippen LogP contribution in [0.5, 0.6) is 0 Å². The zero-order valence-electron chi connectivity index (χ0n) is 11.1. The molecule has 1 aliphatic rings. The Hall–Kier alpha value is -0.810. The van der Waals surface area contributed by atoms with E-state index in [4.69, 9.17) is 15.6 Å². The molecule has 0 bridgehead atoms. The van der Waals surface area contributed by atoms with Crippen LogP contribution in [0.4, 0.5) is 0 Å². The highest BCUT2D eigenvalue weighted by molar-refractivity contribution is 5.79. The zero-order valence-corrected chi connectivity index (χ0v) is 11.1. The minimum Gasteiger partial charge on any atom is -0.385 e. The molecule has 0 saturated heterocycles. The summed E-state index contributed by atoms with van der Waals surface area (Å²) < 4.78 is 5.04. The number of nitrogens with two attached hydrogens (primary N) is 1. The van der Waals surface area contributed by atoms with Crippen molar-refractivity contribution in [2.45, 2.75) is 44.6 Å². The summed E-state index contributed by atoms with van der Waals surface area (Å²) >= 11 is 0. The van der Waals surface area contributed by atoms with Crippen LogP contribution in [0.3, 0.4) is 0 Å². The lowest BCUT2D eigenvalue weighted by molar-refractivity contribution is 0.188.